The van der Waals surface area contributed by atoms with E-state index in [2.05, 4.69) is 41.5 Å². The molecular formula is C20H25F2N3. The van der Waals surface area contributed by atoms with Crippen molar-refractivity contribution in [2.75, 3.05) is 19.6 Å². The number of nitrogens with zero attached hydrogens (tertiary/aromatic N) is 2. The summed E-state index contributed by atoms with van der Waals surface area (Å²) < 4.78 is 24.9. The Morgan fingerprint density at radius 1 is 1.04 bits per heavy atom. The van der Waals surface area contributed by atoms with Crippen LogP contribution in [0.25, 0.3) is 11.1 Å². The van der Waals surface area contributed by atoms with Crippen LogP contribution >= 0.6 is 0 Å². The van der Waals surface area contributed by atoms with E-state index in [1.165, 1.54) is 11.1 Å². The number of aromatic nitrogens is 1. The molecular weight excluding hydrogens is 320 g/mol. The molecule has 5 heteroatoms. The Morgan fingerprint density at radius 3 is 2.24 bits per heavy atom. The Bertz CT molecular complexity index is 638. The van der Waals surface area contributed by atoms with E-state index in [0.717, 1.165) is 31.5 Å². The lowest BCUT2D eigenvalue weighted by Crippen LogP contribution is -2.44. The molecule has 1 aliphatic heterocycles. The summed E-state index contributed by atoms with van der Waals surface area (Å²) in [4.78, 5) is 5.91. The standard InChI is InChI=1S/C20H25F2N3/c1-15(24-19-8-12-25(13-9-19)14-20(21)22)16-2-4-17(5-3-16)18-6-10-23-11-7-18/h2-7,10-11,15,19-20,24H,8-9,12-14H2,1H3. The number of pyridine rings is 1. The predicted molar refractivity (Wildman–Crippen MR) is 96.7 cm³/mol. The number of benzene rings is 1. The molecule has 1 fully saturated rings. The Morgan fingerprint density at radius 2 is 1.64 bits per heavy atom. The number of rotatable bonds is 6. The van der Waals surface area contributed by atoms with Crippen molar-refractivity contribution in [3.05, 3.63) is 54.4 Å². The number of hydrogen-bond donors (Lipinski definition) is 1. The van der Waals surface area contributed by atoms with E-state index >= 15 is 0 Å². The smallest absolute Gasteiger partial charge is 0.251 e. The van der Waals surface area contributed by atoms with Crippen LogP contribution in [0.4, 0.5) is 8.78 Å². The molecule has 2 heterocycles. The van der Waals surface area contributed by atoms with Gasteiger partial charge < -0.3 is 5.32 Å². The average molecular weight is 345 g/mol. The summed E-state index contributed by atoms with van der Waals surface area (Å²) in [6.07, 6.45) is 3.21. The summed E-state index contributed by atoms with van der Waals surface area (Å²) in [5.41, 5.74) is 3.58. The van der Waals surface area contributed by atoms with E-state index in [-0.39, 0.29) is 12.6 Å². The quantitative estimate of drug-likeness (QED) is 0.853. The van der Waals surface area contributed by atoms with E-state index in [4.69, 9.17) is 0 Å². The van der Waals surface area contributed by atoms with Gasteiger partial charge in [-0.15, -0.1) is 0 Å². The molecule has 25 heavy (non-hydrogen) atoms. The molecule has 1 saturated heterocycles. The van der Waals surface area contributed by atoms with Crippen LogP contribution in [0.5, 0.6) is 0 Å². The first-order valence-corrected chi connectivity index (χ1v) is 8.89. The van der Waals surface area contributed by atoms with Crippen molar-refractivity contribution in [1.29, 1.82) is 0 Å². The topological polar surface area (TPSA) is 28.2 Å². The van der Waals surface area contributed by atoms with Crippen LogP contribution in [0.15, 0.2) is 48.8 Å². The number of alkyl halides is 2. The van der Waals surface area contributed by atoms with Crippen LogP contribution in [0.2, 0.25) is 0 Å². The van der Waals surface area contributed by atoms with Gasteiger partial charge in [0.05, 0.1) is 6.54 Å². The summed E-state index contributed by atoms with van der Waals surface area (Å²) in [7, 11) is 0. The van der Waals surface area contributed by atoms with Gasteiger partial charge >= 0.3 is 0 Å². The molecule has 1 aromatic carbocycles. The number of halogens is 2. The molecule has 1 aromatic heterocycles. The highest BCUT2D eigenvalue weighted by Crippen LogP contribution is 2.22. The highest BCUT2D eigenvalue weighted by atomic mass is 19.3. The zero-order chi connectivity index (χ0) is 17.6. The molecule has 1 unspecified atom stereocenters. The molecule has 3 nitrogen and oxygen atoms in total. The van der Waals surface area contributed by atoms with Crippen LogP contribution in [-0.4, -0.2) is 42.0 Å². The molecule has 0 amide bonds. The van der Waals surface area contributed by atoms with Gasteiger partial charge in [0.15, 0.2) is 0 Å². The van der Waals surface area contributed by atoms with Crippen molar-refractivity contribution in [2.45, 2.75) is 38.3 Å². The van der Waals surface area contributed by atoms with Crippen LogP contribution in [0, 0.1) is 0 Å². The lowest BCUT2D eigenvalue weighted by atomic mass is 9.99. The zero-order valence-electron chi connectivity index (χ0n) is 14.5. The molecule has 1 aliphatic rings. The average Bonchev–Trinajstić information content (AvgIpc) is 2.64. The first kappa shape index (κ1) is 18.0. The third-order valence-corrected chi connectivity index (χ3v) is 4.89. The number of piperidine rings is 1. The molecule has 2 aromatic rings. The largest absolute Gasteiger partial charge is 0.307 e. The van der Waals surface area contributed by atoms with Crippen molar-refractivity contribution >= 4 is 0 Å². The van der Waals surface area contributed by atoms with Crippen LogP contribution in [0.3, 0.4) is 0 Å². The third kappa shape index (κ3) is 5.06. The van der Waals surface area contributed by atoms with Gasteiger partial charge in [0.1, 0.15) is 0 Å². The molecule has 0 bridgehead atoms. The van der Waals surface area contributed by atoms with Gasteiger partial charge in [-0.1, -0.05) is 24.3 Å². The third-order valence-electron chi connectivity index (χ3n) is 4.89. The molecule has 1 atom stereocenters. The first-order valence-electron chi connectivity index (χ1n) is 8.89. The van der Waals surface area contributed by atoms with E-state index in [9.17, 15) is 8.78 Å². The molecule has 0 radical (unpaired) electrons. The van der Waals surface area contributed by atoms with Crippen LogP contribution in [-0.2, 0) is 0 Å². The Labute approximate surface area is 148 Å². The van der Waals surface area contributed by atoms with Gasteiger partial charge in [-0.3, -0.25) is 9.88 Å². The van der Waals surface area contributed by atoms with Gasteiger partial charge in [0.25, 0.3) is 6.43 Å². The second-order valence-corrected chi connectivity index (χ2v) is 6.71. The lowest BCUT2D eigenvalue weighted by molar-refractivity contribution is 0.0722. The van der Waals surface area contributed by atoms with Crippen molar-refractivity contribution in [1.82, 2.24) is 15.2 Å². The maximum atomic E-state index is 12.4. The number of likely N-dealkylation sites (tertiary alicyclic amines) is 1. The first-order chi connectivity index (χ1) is 12.1. The van der Waals surface area contributed by atoms with Gasteiger partial charge in [-0.25, -0.2) is 8.78 Å². The SMILES string of the molecule is CC(NC1CCN(CC(F)F)CC1)c1ccc(-c2ccncc2)cc1. The van der Waals surface area contributed by atoms with Crippen LogP contribution < -0.4 is 5.32 Å². The molecule has 0 saturated carbocycles. The van der Waals surface area contributed by atoms with Gasteiger partial charge in [0.2, 0.25) is 0 Å². The number of nitrogens with one attached hydrogen (secondary N) is 1. The second-order valence-electron chi connectivity index (χ2n) is 6.71. The summed E-state index contributed by atoms with van der Waals surface area (Å²) in [5.74, 6) is 0. The molecule has 0 aliphatic carbocycles. The Kier molecular flexibility index (Phi) is 6.10. The fourth-order valence-corrected chi connectivity index (χ4v) is 3.44. The van der Waals surface area contributed by atoms with Gasteiger partial charge in [-0.05, 0) is 61.7 Å². The minimum Gasteiger partial charge on any atom is -0.307 e. The number of hydrogen-bond acceptors (Lipinski definition) is 3. The van der Waals surface area contributed by atoms with E-state index in [0.29, 0.717) is 6.04 Å². The highest BCUT2D eigenvalue weighted by Gasteiger charge is 2.22. The normalized spacial score (nSPS) is 17.8. The Balaban J connectivity index is 1.53. The molecule has 3 rings (SSSR count). The minimum absolute atomic E-state index is 0.0985. The molecule has 1 N–H and O–H groups in total. The Hall–Kier alpha value is -1.85. The van der Waals surface area contributed by atoms with E-state index < -0.39 is 6.43 Å². The summed E-state index contributed by atoms with van der Waals surface area (Å²) >= 11 is 0. The zero-order valence-corrected chi connectivity index (χ0v) is 14.5. The summed E-state index contributed by atoms with van der Waals surface area (Å²) in [6, 6.07) is 13.2. The van der Waals surface area contributed by atoms with E-state index in [1.54, 1.807) is 12.4 Å². The predicted octanol–water partition coefficient (Wildman–Crippen LogP) is 4.13. The van der Waals surface area contributed by atoms with Crippen molar-refractivity contribution in [3.8, 4) is 11.1 Å². The van der Waals surface area contributed by atoms with Crippen molar-refractivity contribution in [2.24, 2.45) is 0 Å². The molecule has 0 spiro atoms. The van der Waals surface area contributed by atoms with Crippen molar-refractivity contribution in [3.63, 3.8) is 0 Å². The van der Waals surface area contributed by atoms with E-state index in [1.807, 2.05) is 17.0 Å². The maximum Gasteiger partial charge on any atom is 0.251 e. The van der Waals surface area contributed by atoms with Crippen LogP contribution in [0.1, 0.15) is 31.4 Å². The molecule has 134 valence electrons. The minimum atomic E-state index is -2.23. The van der Waals surface area contributed by atoms with Crippen molar-refractivity contribution < 1.29 is 8.78 Å². The maximum absolute atomic E-state index is 12.4. The monoisotopic (exact) mass is 345 g/mol. The fraction of sp³-hybridized carbons (Fsp3) is 0.450. The second kappa shape index (κ2) is 8.50. The van der Waals surface area contributed by atoms with Gasteiger partial charge in [-0.2, -0.15) is 0 Å². The lowest BCUT2D eigenvalue weighted by Gasteiger charge is -2.33. The van der Waals surface area contributed by atoms with Gasteiger partial charge in [0, 0.05) is 24.5 Å². The summed E-state index contributed by atoms with van der Waals surface area (Å²) in [6.45, 7) is 3.55. The fourth-order valence-electron chi connectivity index (χ4n) is 3.44. The summed E-state index contributed by atoms with van der Waals surface area (Å²) in [5, 5.41) is 3.64. The highest BCUT2D eigenvalue weighted by molar-refractivity contribution is 5.62.